The zero-order chi connectivity index (χ0) is 16.8. The van der Waals surface area contributed by atoms with Gasteiger partial charge in [0.05, 0.1) is 13.3 Å². The van der Waals surface area contributed by atoms with Crippen LogP contribution in [0.5, 0.6) is 5.75 Å². The number of carbonyl (C=O) groups is 1. The van der Waals surface area contributed by atoms with E-state index in [1.807, 2.05) is 35.2 Å². The monoisotopic (exact) mass is 325 g/mol. The number of amides is 1. The average Bonchev–Trinajstić information content (AvgIpc) is 2.67. The fourth-order valence-corrected chi connectivity index (χ4v) is 2.92. The van der Waals surface area contributed by atoms with Gasteiger partial charge < -0.3 is 14.5 Å². The van der Waals surface area contributed by atoms with Crippen molar-refractivity contribution < 1.29 is 9.53 Å². The zero-order valence-corrected chi connectivity index (χ0v) is 14.0. The molecule has 1 saturated heterocycles. The van der Waals surface area contributed by atoms with Crippen LogP contribution in [0.4, 0.5) is 5.82 Å². The summed E-state index contributed by atoms with van der Waals surface area (Å²) in [4.78, 5) is 21.0. The maximum atomic E-state index is 12.4. The van der Waals surface area contributed by atoms with Gasteiger partial charge in [-0.15, -0.1) is 0 Å². The maximum Gasteiger partial charge on any atom is 0.223 e. The van der Waals surface area contributed by atoms with Crippen LogP contribution in [0.1, 0.15) is 12.0 Å². The Morgan fingerprint density at radius 1 is 1.08 bits per heavy atom. The number of anilines is 1. The van der Waals surface area contributed by atoms with Crippen LogP contribution >= 0.6 is 0 Å². The number of pyridine rings is 1. The van der Waals surface area contributed by atoms with Crippen LogP contribution in [0.2, 0.25) is 0 Å². The Kier molecular flexibility index (Phi) is 5.31. The van der Waals surface area contributed by atoms with Gasteiger partial charge in [-0.05, 0) is 24.1 Å². The summed E-state index contributed by atoms with van der Waals surface area (Å²) in [5.41, 5.74) is 1.21. The van der Waals surface area contributed by atoms with E-state index in [0.717, 1.165) is 44.2 Å². The van der Waals surface area contributed by atoms with E-state index >= 15 is 0 Å². The van der Waals surface area contributed by atoms with Gasteiger partial charge in [0, 0.05) is 32.6 Å². The summed E-state index contributed by atoms with van der Waals surface area (Å²) in [6.07, 6.45) is 3.11. The van der Waals surface area contributed by atoms with Crippen LogP contribution in [0.3, 0.4) is 0 Å². The molecular formula is C19H23N3O2. The van der Waals surface area contributed by atoms with Crippen molar-refractivity contribution in [3.63, 3.8) is 0 Å². The summed E-state index contributed by atoms with van der Waals surface area (Å²) in [5.74, 6) is 1.93. The molecule has 0 bridgehead atoms. The first kappa shape index (κ1) is 16.3. The number of ether oxygens (including phenoxy) is 1. The number of hydrogen-bond donors (Lipinski definition) is 0. The Bertz CT molecular complexity index is 650. The minimum atomic E-state index is 0.237. The Balaban J connectivity index is 1.48. The van der Waals surface area contributed by atoms with E-state index in [4.69, 9.17) is 4.74 Å². The number of piperazine rings is 1. The largest absolute Gasteiger partial charge is 0.495 e. The molecule has 126 valence electrons. The van der Waals surface area contributed by atoms with Crippen LogP contribution in [0.25, 0.3) is 0 Å². The molecule has 0 unspecified atom stereocenters. The van der Waals surface area contributed by atoms with Crippen molar-refractivity contribution >= 4 is 11.7 Å². The summed E-state index contributed by atoms with van der Waals surface area (Å²) in [6.45, 7) is 3.13. The van der Waals surface area contributed by atoms with E-state index in [1.54, 1.807) is 13.3 Å². The van der Waals surface area contributed by atoms with Crippen molar-refractivity contribution in [1.82, 2.24) is 9.88 Å². The lowest BCUT2D eigenvalue weighted by atomic mass is 10.1. The van der Waals surface area contributed by atoms with Gasteiger partial charge in [0.1, 0.15) is 11.6 Å². The van der Waals surface area contributed by atoms with E-state index in [0.29, 0.717) is 6.42 Å². The van der Waals surface area contributed by atoms with Crippen molar-refractivity contribution in [2.45, 2.75) is 12.8 Å². The van der Waals surface area contributed by atoms with E-state index in [9.17, 15) is 4.79 Å². The first-order valence-corrected chi connectivity index (χ1v) is 8.33. The molecule has 24 heavy (non-hydrogen) atoms. The molecule has 0 N–H and O–H groups in total. The van der Waals surface area contributed by atoms with Gasteiger partial charge in [0.25, 0.3) is 0 Å². The summed E-state index contributed by atoms with van der Waals surface area (Å²) < 4.78 is 5.13. The normalized spacial score (nSPS) is 14.5. The van der Waals surface area contributed by atoms with E-state index in [2.05, 4.69) is 22.0 Å². The van der Waals surface area contributed by atoms with Crippen molar-refractivity contribution in [1.29, 1.82) is 0 Å². The number of aryl methyl sites for hydroxylation is 1. The topological polar surface area (TPSA) is 45.7 Å². The number of methoxy groups -OCH3 is 1. The smallest absolute Gasteiger partial charge is 0.223 e. The third-order valence-corrected chi connectivity index (χ3v) is 4.38. The number of rotatable bonds is 5. The molecule has 1 fully saturated rings. The fourth-order valence-electron chi connectivity index (χ4n) is 2.92. The molecule has 0 atom stereocenters. The van der Waals surface area contributed by atoms with E-state index in [1.165, 1.54) is 5.56 Å². The number of hydrogen-bond acceptors (Lipinski definition) is 4. The standard InChI is InChI=1S/C19H23N3O2/c1-24-17-8-9-18(20-15-17)21-11-13-22(14-12-21)19(23)10-7-16-5-3-2-4-6-16/h2-6,8-9,15H,7,10-14H2,1H3. The molecule has 2 aromatic rings. The van der Waals surface area contributed by atoms with Gasteiger partial charge in [0.2, 0.25) is 5.91 Å². The highest BCUT2D eigenvalue weighted by molar-refractivity contribution is 5.76. The van der Waals surface area contributed by atoms with Gasteiger partial charge in [0.15, 0.2) is 0 Å². The summed E-state index contributed by atoms with van der Waals surface area (Å²) in [7, 11) is 1.64. The van der Waals surface area contributed by atoms with Crippen LogP contribution in [0.15, 0.2) is 48.7 Å². The molecule has 0 spiro atoms. The molecule has 5 heteroatoms. The minimum Gasteiger partial charge on any atom is -0.495 e. The van der Waals surface area contributed by atoms with Gasteiger partial charge in [-0.1, -0.05) is 30.3 Å². The van der Waals surface area contributed by atoms with Gasteiger partial charge in [-0.3, -0.25) is 4.79 Å². The first-order valence-electron chi connectivity index (χ1n) is 8.33. The second-order valence-corrected chi connectivity index (χ2v) is 5.91. The third-order valence-electron chi connectivity index (χ3n) is 4.38. The summed E-state index contributed by atoms with van der Waals surface area (Å²) in [6, 6.07) is 14.0. The molecule has 0 saturated carbocycles. The van der Waals surface area contributed by atoms with E-state index < -0.39 is 0 Å². The van der Waals surface area contributed by atoms with Crippen molar-refractivity contribution in [3.8, 4) is 5.75 Å². The number of nitrogens with zero attached hydrogens (tertiary/aromatic N) is 3. The van der Waals surface area contributed by atoms with Gasteiger partial charge >= 0.3 is 0 Å². The Morgan fingerprint density at radius 3 is 2.46 bits per heavy atom. The SMILES string of the molecule is COc1ccc(N2CCN(C(=O)CCc3ccccc3)CC2)nc1. The molecule has 1 aromatic heterocycles. The molecule has 1 aliphatic rings. The number of benzene rings is 1. The van der Waals surface area contributed by atoms with E-state index in [-0.39, 0.29) is 5.91 Å². The van der Waals surface area contributed by atoms with Crippen molar-refractivity contribution in [2.75, 3.05) is 38.2 Å². The molecule has 3 rings (SSSR count). The van der Waals surface area contributed by atoms with Crippen molar-refractivity contribution in [2.24, 2.45) is 0 Å². The van der Waals surface area contributed by atoms with Crippen LogP contribution in [-0.2, 0) is 11.2 Å². The average molecular weight is 325 g/mol. The van der Waals surface area contributed by atoms with Gasteiger partial charge in [-0.2, -0.15) is 0 Å². The van der Waals surface area contributed by atoms with Crippen LogP contribution in [-0.4, -0.2) is 49.1 Å². The molecule has 5 nitrogen and oxygen atoms in total. The van der Waals surface area contributed by atoms with Crippen LogP contribution < -0.4 is 9.64 Å². The first-order chi connectivity index (χ1) is 11.8. The summed E-state index contributed by atoms with van der Waals surface area (Å²) >= 11 is 0. The fraction of sp³-hybridized carbons (Fsp3) is 0.368. The Hall–Kier alpha value is -2.56. The number of aromatic nitrogens is 1. The van der Waals surface area contributed by atoms with Gasteiger partial charge in [-0.25, -0.2) is 4.98 Å². The third kappa shape index (κ3) is 4.04. The molecule has 0 radical (unpaired) electrons. The maximum absolute atomic E-state index is 12.4. The molecule has 1 aliphatic heterocycles. The predicted molar refractivity (Wildman–Crippen MR) is 94.3 cm³/mol. The molecule has 1 aromatic carbocycles. The minimum absolute atomic E-state index is 0.237. The second-order valence-electron chi connectivity index (χ2n) is 5.91. The molecule has 1 amide bonds. The lowest BCUT2D eigenvalue weighted by Crippen LogP contribution is -2.49. The van der Waals surface area contributed by atoms with Crippen LogP contribution in [0, 0.1) is 0 Å². The Labute approximate surface area is 142 Å². The lowest BCUT2D eigenvalue weighted by Gasteiger charge is -2.35. The summed E-state index contributed by atoms with van der Waals surface area (Å²) in [5, 5.41) is 0. The second kappa shape index (κ2) is 7.81. The lowest BCUT2D eigenvalue weighted by molar-refractivity contribution is -0.131. The molecule has 0 aliphatic carbocycles. The molecule has 2 heterocycles. The predicted octanol–water partition coefficient (Wildman–Crippen LogP) is 2.37. The highest BCUT2D eigenvalue weighted by atomic mass is 16.5. The zero-order valence-electron chi connectivity index (χ0n) is 14.0. The Morgan fingerprint density at radius 2 is 1.83 bits per heavy atom. The van der Waals surface area contributed by atoms with Crippen molar-refractivity contribution in [3.05, 3.63) is 54.2 Å². The molecular weight excluding hydrogens is 302 g/mol. The number of carbonyl (C=O) groups excluding carboxylic acids is 1. The highest BCUT2D eigenvalue weighted by Crippen LogP contribution is 2.17. The highest BCUT2D eigenvalue weighted by Gasteiger charge is 2.21. The quantitative estimate of drug-likeness (QED) is 0.847.